The molecule has 0 spiro atoms. The topological polar surface area (TPSA) is 109 Å². The number of nitrogens with two attached hydrogens (primary N) is 1. The van der Waals surface area contributed by atoms with Crippen molar-refractivity contribution in [2.24, 2.45) is 11.7 Å². The highest BCUT2D eigenvalue weighted by molar-refractivity contribution is 5.92. The van der Waals surface area contributed by atoms with Gasteiger partial charge in [0.05, 0.1) is 5.60 Å². The van der Waals surface area contributed by atoms with Gasteiger partial charge in [0.2, 0.25) is 5.91 Å². The summed E-state index contributed by atoms with van der Waals surface area (Å²) in [5.74, 6) is -0.726. The van der Waals surface area contributed by atoms with Gasteiger partial charge in [-0.1, -0.05) is 54.6 Å². The van der Waals surface area contributed by atoms with Gasteiger partial charge in [-0.15, -0.1) is 0 Å². The quantitative estimate of drug-likeness (QED) is 0.318. The molecule has 42 heavy (non-hydrogen) atoms. The lowest BCUT2D eigenvalue weighted by Gasteiger charge is -2.49. The summed E-state index contributed by atoms with van der Waals surface area (Å²) < 4.78 is 25.6. The van der Waals surface area contributed by atoms with Crippen LogP contribution in [0.2, 0.25) is 0 Å². The predicted molar refractivity (Wildman–Crippen MR) is 159 cm³/mol. The van der Waals surface area contributed by atoms with Crippen molar-refractivity contribution in [2.75, 3.05) is 12.4 Å². The first-order chi connectivity index (χ1) is 19.9. The largest absolute Gasteiger partial charge is 0.390 e. The number of nitrogens with zero attached hydrogens (tertiary/aromatic N) is 2. The summed E-state index contributed by atoms with van der Waals surface area (Å²) in [5, 5.41) is 13.1. The summed E-state index contributed by atoms with van der Waals surface area (Å²) in [5.41, 5.74) is 10.0. The van der Waals surface area contributed by atoms with Crippen LogP contribution in [0.25, 0.3) is 22.3 Å². The second-order valence-electron chi connectivity index (χ2n) is 12.2. The SMILES string of the molecule is CN(C(=O)C(F)F)[C@H]1CC[C@H](CC(=O)Nc2cc(-c3ccccc3)c(-c3ccc([C@]4(N)C[C@](C)(O)C4)cc3)cn2)CC1. The number of rotatable bonds is 8. The Morgan fingerprint density at radius 2 is 1.64 bits per heavy atom. The minimum absolute atomic E-state index is 0.118. The summed E-state index contributed by atoms with van der Waals surface area (Å²) in [4.78, 5) is 30.3. The number of pyridine rings is 1. The van der Waals surface area contributed by atoms with Crippen LogP contribution in [0.5, 0.6) is 0 Å². The fraction of sp³-hybridized carbons (Fsp3) is 0.424. The number of nitrogens with one attached hydrogen (secondary N) is 1. The van der Waals surface area contributed by atoms with Crippen molar-refractivity contribution >= 4 is 17.6 Å². The predicted octanol–water partition coefficient (Wildman–Crippen LogP) is 5.73. The summed E-state index contributed by atoms with van der Waals surface area (Å²) in [6, 6.07) is 19.6. The minimum Gasteiger partial charge on any atom is -0.390 e. The highest BCUT2D eigenvalue weighted by Crippen LogP contribution is 2.46. The Bertz CT molecular complexity index is 1410. The Balaban J connectivity index is 1.27. The lowest BCUT2D eigenvalue weighted by molar-refractivity contribution is -0.144. The van der Waals surface area contributed by atoms with E-state index >= 15 is 0 Å². The number of benzene rings is 2. The number of carbonyl (C=O) groups excluding carboxylic acids is 2. The molecule has 222 valence electrons. The van der Waals surface area contributed by atoms with Crippen molar-refractivity contribution in [1.29, 1.82) is 0 Å². The molecule has 1 aromatic heterocycles. The van der Waals surface area contributed by atoms with Gasteiger partial charge in [0.25, 0.3) is 5.91 Å². The van der Waals surface area contributed by atoms with E-state index in [1.807, 2.05) is 60.7 Å². The van der Waals surface area contributed by atoms with E-state index < -0.39 is 23.5 Å². The van der Waals surface area contributed by atoms with Crippen molar-refractivity contribution < 1.29 is 23.5 Å². The number of amides is 2. The first kappa shape index (κ1) is 29.8. The zero-order valence-corrected chi connectivity index (χ0v) is 24.0. The van der Waals surface area contributed by atoms with Gasteiger partial charge < -0.3 is 21.1 Å². The van der Waals surface area contributed by atoms with Gasteiger partial charge in [0, 0.05) is 36.8 Å². The molecule has 2 fully saturated rings. The number of halogens is 2. The lowest BCUT2D eigenvalue weighted by atomic mass is 9.63. The number of hydrogen-bond acceptors (Lipinski definition) is 5. The fourth-order valence-corrected chi connectivity index (χ4v) is 6.63. The van der Waals surface area contributed by atoms with Crippen LogP contribution in [0.15, 0.2) is 66.9 Å². The second-order valence-corrected chi connectivity index (χ2v) is 12.2. The molecule has 2 amide bonds. The number of alkyl halides is 2. The standard InChI is InChI=1S/C33H38F2N4O3/c1-32(42)19-33(36,20-32)24-12-10-23(11-13-24)27-18-37-28(17-26(27)22-6-4-3-5-7-22)38-29(40)16-21-8-14-25(15-9-21)39(2)31(41)30(34)35/h3-7,10-13,17-18,21,25,30,42H,8-9,14-16,19-20,36H2,1-2H3,(H,37,38,40)/t21-,25-,32-,33-. The van der Waals surface area contributed by atoms with Gasteiger partial charge >= 0.3 is 6.43 Å². The molecule has 0 radical (unpaired) electrons. The van der Waals surface area contributed by atoms with Crippen LogP contribution in [0.3, 0.4) is 0 Å². The van der Waals surface area contributed by atoms with E-state index in [4.69, 9.17) is 5.73 Å². The van der Waals surface area contributed by atoms with Crippen molar-refractivity contribution in [2.45, 2.75) is 75.5 Å². The maximum absolute atomic E-state index is 13.0. The molecule has 4 N–H and O–H groups in total. The Morgan fingerprint density at radius 3 is 2.24 bits per heavy atom. The van der Waals surface area contributed by atoms with Crippen LogP contribution in [0, 0.1) is 5.92 Å². The van der Waals surface area contributed by atoms with E-state index in [2.05, 4.69) is 10.3 Å². The number of carbonyl (C=O) groups is 2. The molecule has 3 aromatic rings. The summed E-state index contributed by atoms with van der Waals surface area (Å²) in [6.45, 7) is 1.80. The molecule has 9 heteroatoms. The monoisotopic (exact) mass is 576 g/mol. The molecule has 2 aliphatic carbocycles. The van der Waals surface area contributed by atoms with Crippen molar-refractivity contribution in [1.82, 2.24) is 9.88 Å². The van der Waals surface area contributed by atoms with E-state index in [1.165, 1.54) is 7.05 Å². The van der Waals surface area contributed by atoms with Gasteiger partial charge in [0.1, 0.15) is 5.82 Å². The molecule has 0 atom stereocenters. The molecule has 2 saturated carbocycles. The zero-order chi connectivity index (χ0) is 30.1. The minimum atomic E-state index is -3.00. The van der Waals surface area contributed by atoms with Crippen molar-refractivity contribution in [3.63, 3.8) is 0 Å². The number of aromatic nitrogens is 1. The Morgan fingerprint density at radius 1 is 1.02 bits per heavy atom. The van der Waals surface area contributed by atoms with E-state index in [0.717, 1.165) is 32.7 Å². The van der Waals surface area contributed by atoms with Crippen LogP contribution in [-0.4, -0.2) is 51.9 Å². The first-order valence-corrected chi connectivity index (χ1v) is 14.5. The molecular formula is C33H38F2N4O3. The Labute approximate surface area is 245 Å². The summed E-state index contributed by atoms with van der Waals surface area (Å²) in [7, 11) is 1.43. The van der Waals surface area contributed by atoms with E-state index in [1.54, 1.807) is 13.1 Å². The second kappa shape index (κ2) is 11.9. The molecule has 2 aliphatic rings. The molecular weight excluding hydrogens is 538 g/mol. The third-order valence-electron chi connectivity index (χ3n) is 8.79. The normalized spacial score (nSPS) is 25.5. The van der Waals surface area contributed by atoms with Gasteiger partial charge in [0.15, 0.2) is 0 Å². The summed E-state index contributed by atoms with van der Waals surface area (Å²) in [6.07, 6.45) is 2.68. The van der Waals surface area contributed by atoms with Crippen LogP contribution >= 0.6 is 0 Å². The molecule has 0 bridgehead atoms. The fourth-order valence-electron chi connectivity index (χ4n) is 6.63. The number of aliphatic hydroxyl groups is 1. The van der Waals surface area contributed by atoms with Crippen LogP contribution < -0.4 is 11.1 Å². The Hall–Kier alpha value is -3.69. The van der Waals surface area contributed by atoms with Crippen LogP contribution in [0.1, 0.15) is 57.4 Å². The van der Waals surface area contributed by atoms with Crippen molar-refractivity contribution in [3.05, 3.63) is 72.4 Å². The van der Waals surface area contributed by atoms with E-state index in [0.29, 0.717) is 50.8 Å². The van der Waals surface area contributed by atoms with Crippen LogP contribution in [-0.2, 0) is 15.1 Å². The third kappa shape index (κ3) is 6.52. The molecule has 0 unspecified atom stereocenters. The molecule has 0 saturated heterocycles. The highest BCUT2D eigenvalue weighted by Gasteiger charge is 2.49. The van der Waals surface area contributed by atoms with E-state index in [9.17, 15) is 23.5 Å². The average Bonchev–Trinajstić information content (AvgIpc) is 2.96. The van der Waals surface area contributed by atoms with E-state index in [-0.39, 0.29) is 17.9 Å². The third-order valence-corrected chi connectivity index (χ3v) is 8.79. The molecule has 7 nitrogen and oxygen atoms in total. The maximum atomic E-state index is 13.0. The lowest BCUT2D eigenvalue weighted by Crippen LogP contribution is -2.58. The maximum Gasteiger partial charge on any atom is 0.315 e. The molecule has 1 heterocycles. The first-order valence-electron chi connectivity index (χ1n) is 14.5. The number of anilines is 1. The number of hydrogen-bond donors (Lipinski definition) is 3. The Kier molecular flexibility index (Phi) is 8.44. The average molecular weight is 577 g/mol. The van der Waals surface area contributed by atoms with Gasteiger partial charge in [-0.2, -0.15) is 8.78 Å². The van der Waals surface area contributed by atoms with Gasteiger partial charge in [-0.05, 0) is 79.7 Å². The summed E-state index contributed by atoms with van der Waals surface area (Å²) >= 11 is 0. The van der Waals surface area contributed by atoms with Crippen LogP contribution in [0.4, 0.5) is 14.6 Å². The zero-order valence-electron chi connectivity index (χ0n) is 24.0. The smallest absolute Gasteiger partial charge is 0.315 e. The molecule has 2 aromatic carbocycles. The highest BCUT2D eigenvalue weighted by atomic mass is 19.3. The van der Waals surface area contributed by atoms with Gasteiger partial charge in [-0.25, -0.2) is 4.98 Å². The molecule has 0 aliphatic heterocycles. The van der Waals surface area contributed by atoms with Gasteiger partial charge in [-0.3, -0.25) is 9.59 Å². The van der Waals surface area contributed by atoms with Crippen molar-refractivity contribution in [3.8, 4) is 22.3 Å². The molecule has 5 rings (SSSR count).